The molecule has 3 atom stereocenters. The molecular weight excluding hydrogens is 422 g/mol. The molecule has 3 N–H and O–H groups in total. The molecule has 2 aliphatic rings. The standard InChI is InChI=1S/C26H35NO6/c1-15(2)8-6-9-16(3)10-7-11-26(5)22(29)13-19-21(28)12-18-20(23(19)33-26)14-27(24(18)30)17(4)25(31)32/h8,10,12,17,22,28-29H,6-7,9,11,13-14H2,1-5H3,(H,31,32)/b16-10+. The lowest BCUT2D eigenvalue weighted by molar-refractivity contribution is -0.141. The number of aliphatic carboxylic acids is 1. The highest BCUT2D eigenvalue weighted by Crippen LogP contribution is 2.46. The van der Waals surface area contributed by atoms with Crippen LogP contribution in [0.15, 0.2) is 29.4 Å². The number of phenols is 1. The summed E-state index contributed by atoms with van der Waals surface area (Å²) in [7, 11) is 0. The summed E-state index contributed by atoms with van der Waals surface area (Å²) in [5.41, 5.74) is 2.99. The van der Waals surface area contributed by atoms with Crippen LogP contribution < -0.4 is 4.74 Å². The van der Waals surface area contributed by atoms with Crippen molar-refractivity contribution in [2.75, 3.05) is 0 Å². The number of allylic oxidation sites excluding steroid dienone is 4. The van der Waals surface area contributed by atoms with E-state index in [4.69, 9.17) is 4.74 Å². The lowest BCUT2D eigenvalue weighted by Gasteiger charge is -2.41. The van der Waals surface area contributed by atoms with E-state index in [-0.39, 0.29) is 24.3 Å². The number of aromatic hydroxyl groups is 1. The minimum absolute atomic E-state index is 0.0970. The summed E-state index contributed by atoms with van der Waals surface area (Å²) in [6, 6.07) is 0.366. The van der Waals surface area contributed by atoms with Crippen LogP contribution in [0, 0.1) is 0 Å². The van der Waals surface area contributed by atoms with Crippen LogP contribution in [0.3, 0.4) is 0 Å². The van der Waals surface area contributed by atoms with E-state index >= 15 is 0 Å². The van der Waals surface area contributed by atoms with Gasteiger partial charge in [0.05, 0.1) is 18.2 Å². The average molecular weight is 458 g/mol. The Hall–Kier alpha value is -2.80. The second-order valence-electron chi connectivity index (χ2n) is 9.72. The molecule has 1 aromatic carbocycles. The van der Waals surface area contributed by atoms with Gasteiger partial charge in [-0.3, -0.25) is 4.79 Å². The lowest BCUT2D eigenvalue weighted by Crippen LogP contribution is -2.49. The molecule has 180 valence electrons. The fourth-order valence-electron chi connectivity index (χ4n) is 4.47. The summed E-state index contributed by atoms with van der Waals surface area (Å²) >= 11 is 0. The van der Waals surface area contributed by atoms with Crippen molar-refractivity contribution in [3.05, 3.63) is 46.1 Å². The van der Waals surface area contributed by atoms with Crippen molar-refractivity contribution in [2.45, 2.75) is 91.0 Å². The number of aliphatic hydroxyl groups is 1. The first-order valence-electron chi connectivity index (χ1n) is 11.5. The summed E-state index contributed by atoms with van der Waals surface area (Å²) in [5.74, 6) is -1.25. The fraction of sp³-hybridized carbons (Fsp3) is 0.538. The first kappa shape index (κ1) is 24.8. The van der Waals surface area contributed by atoms with Gasteiger partial charge in [-0.1, -0.05) is 23.3 Å². The Bertz CT molecular complexity index is 1010. The van der Waals surface area contributed by atoms with Crippen molar-refractivity contribution in [3.8, 4) is 11.5 Å². The second-order valence-corrected chi connectivity index (χ2v) is 9.72. The van der Waals surface area contributed by atoms with Crippen molar-refractivity contribution < 1.29 is 29.6 Å². The van der Waals surface area contributed by atoms with E-state index in [1.165, 1.54) is 29.0 Å². The Labute approximate surface area is 195 Å². The van der Waals surface area contributed by atoms with Crippen LogP contribution in [0.4, 0.5) is 0 Å². The molecule has 2 aliphatic heterocycles. The minimum Gasteiger partial charge on any atom is -0.508 e. The smallest absolute Gasteiger partial charge is 0.326 e. The van der Waals surface area contributed by atoms with Crippen molar-refractivity contribution in [1.29, 1.82) is 0 Å². The number of carboxylic acid groups (broad SMARTS) is 1. The summed E-state index contributed by atoms with van der Waals surface area (Å²) in [6.07, 6.45) is 7.05. The molecule has 0 saturated carbocycles. The molecule has 0 spiro atoms. The monoisotopic (exact) mass is 457 g/mol. The molecule has 7 heteroatoms. The Morgan fingerprint density at radius 2 is 1.97 bits per heavy atom. The highest BCUT2D eigenvalue weighted by molar-refractivity contribution is 6.01. The molecule has 3 unspecified atom stereocenters. The van der Waals surface area contributed by atoms with Crippen LogP contribution in [-0.2, 0) is 17.8 Å². The zero-order chi connectivity index (χ0) is 24.5. The molecule has 0 bridgehead atoms. The number of fused-ring (bicyclic) bond motifs is 3. The molecular formula is C26H35NO6. The molecule has 0 fully saturated rings. The number of amides is 1. The van der Waals surface area contributed by atoms with Gasteiger partial charge < -0.3 is 25.0 Å². The number of aliphatic hydroxyl groups excluding tert-OH is 1. The third kappa shape index (κ3) is 5.08. The summed E-state index contributed by atoms with van der Waals surface area (Å²) in [4.78, 5) is 25.5. The summed E-state index contributed by atoms with van der Waals surface area (Å²) in [6.45, 7) is 9.67. The van der Waals surface area contributed by atoms with Gasteiger partial charge in [-0.2, -0.15) is 0 Å². The number of nitrogens with zero attached hydrogens (tertiary/aromatic N) is 1. The van der Waals surface area contributed by atoms with Crippen molar-refractivity contribution >= 4 is 11.9 Å². The third-order valence-corrected chi connectivity index (χ3v) is 6.77. The number of carboxylic acids is 1. The molecule has 0 aromatic heterocycles. The van der Waals surface area contributed by atoms with Crippen LogP contribution in [-0.4, -0.2) is 49.8 Å². The predicted molar refractivity (Wildman–Crippen MR) is 125 cm³/mol. The van der Waals surface area contributed by atoms with E-state index in [0.717, 1.165) is 19.3 Å². The average Bonchev–Trinajstić information content (AvgIpc) is 3.05. The molecule has 0 saturated heterocycles. The molecule has 1 aromatic rings. The zero-order valence-electron chi connectivity index (χ0n) is 20.1. The molecule has 7 nitrogen and oxygen atoms in total. The van der Waals surface area contributed by atoms with E-state index in [0.29, 0.717) is 23.3 Å². The number of rotatable bonds is 8. The molecule has 0 aliphatic carbocycles. The molecule has 2 heterocycles. The Kier molecular flexibility index (Phi) is 7.22. The first-order valence-corrected chi connectivity index (χ1v) is 11.5. The highest BCUT2D eigenvalue weighted by Gasteiger charge is 2.45. The van der Waals surface area contributed by atoms with E-state index in [2.05, 4.69) is 32.9 Å². The van der Waals surface area contributed by atoms with E-state index in [9.17, 15) is 24.9 Å². The number of benzene rings is 1. The number of hydrogen-bond donors (Lipinski definition) is 3. The molecule has 3 rings (SSSR count). The SMILES string of the molecule is CC(C)=CCC/C(C)=C/CCC1(C)Oc2c(c(O)cc3c2CN(C(C)C(=O)O)C3=O)CC1O. The Morgan fingerprint density at radius 1 is 1.27 bits per heavy atom. The highest BCUT2D eigenvalue weighted by atomic mass is 16.5. The van der Waals surface area contributed by atoms with Gasteiger partial charge in [-0.25, -0.2) is 4.79 Å². The normalized spacial score (nSPS) is 23.0. The Balaban J connectivity index is 1.81. The summed E-state index contributed by atoms with van der Waals surface area (Å²) in [5, 5.41) is 30.8. The van der Waals surface area contributed by atoms with Gasteiger partial charge >= 0.3 is 5.97 Å². The number of carbonyl (C=O) groups is 2. The maximum absolute atomic E-state index is 12.8. The van der Waals surface area contributed by atoms with Gasteiger partial charge in [-0.15, -0.1) is 0 Å². The maximum atomic E-state index is 12.8. The van der Waals surface area contributed by atoms with Crippen LogP contribution in [0.1, 0.15) is 81.8 Å². The summed E-state index contributed by atoms with van der Waals surface area (Å²) < 4.78 is 6.31. The van der Waals surface area contributed by atoms with Crippen molar-refractivity contribution in [3.63, 3.8) is 0 Å². The van der Waals surface area contributed by atoms with Crippen LogP contribution in [0.2, 0.25) is 0 Å². The van der Waals surface area contributed by atoms with Gasteiger partial charge in [-0.05, 0) is 66.4 Å². The largest absolute Gasteiger partial charge is 0.508 e. The number of carbonyl (C=O) groups excluding carboxylic acids is 1. The minimum atomic E-state index is -1.10. The van der Waals surface area contributed by atoms with Crippen LogP contribution in [0.25, 0.3) is 0 Å². The van der Waals surface area contributed by atoms with Crippen molar-refractivity contribution in [2.24, 2.45) is 0 Å². The van der Waals surface area contributed by atoms with Gasteiger partial charge in [0.25, 0.3) is 5.91 Å². The number of hydrogen-bond acceptors (Lipinski definition) is 5. The molecule has 0 radical (unpaired) electrons. The maximum Gasteiger partial charge on any atom is 0.326 e. The fourth-order valence-corrected chi connectivity index (χ4v) is 4.47. The quantitative estimate of drug-likeness (QED) is 0.501. The Morgan fingerprint density at radius 3 is 2.61 bits per heavy atom. The van der Waals surface area contributed by atoms with Gasteiger partial charge in [0.15, 0.2) is 0 Å². The van der Waals surface area contributed by atoms with Gasteiger partial charge in [0.2, 0.25) is 0 Å². The van der Waals surface area contributed by atoms with Crippen molar-refractivity contribution in [1.82, 2.24) is 4.90 Å². The van der Waals surface area contributed by atoms with Crippen LogP contribution >= 0.6 is 0 Å². The lowest BCUT2D eigenvalue weighted by atomic mass is 9.84. The number of phenolic OH excluding ortho intramolecular Hbond substituents is 1. The molecule has 1 amide bonds. The zero-order valence-corrected chi connectivity index (χ0v) is 20.1. The number of ether oxygens (including phenoxy) is 1. The van der Waals surface area contributed by atoms with E-state index < -0.39 is 29.6 Å². The van der Waals surface area contributed by atoms with E-state index in [1.54, 1.807) is 0 Å². The second kappa shape index (κ2) is 9.59. The van der Waals surface area contributed by atoms with Gasteiger partial charge in [0, 0.05) is 17.5 Å². The third-order valence-electron chi connectivity index (χ3n) is 6.77. The van der Waals surface area contributed by atoms with E-state index in [1.807, 2.05) is 6.92 Å². The van der Waals surface area contributed by atoms with Crippen LogP contribution in [0.5, 0.6) is 11.5 Å². The van der Waals surface area contributed by atoms with Gasteiger partial charge in [0.1, 0.15) is 23.1 Å². The topological polar surface area (TPSA) is 107 Å². The molecule has 33 heavy (non-hydrogen) atoms. The first-order chi connectivity index (χ1) is 15.4. The predicted octanol–water partition coefficient (Wildman–Crippen LogP) is 4.35.